The predicted molar refractivity (Wildman–Crippen MR) is 94.2 cm³/mol. The Bertz CT molecular complexity index is 673. The number of benzene rings is 1. The standard InChI is InChI=1S/C14H11Br2N3O2S/c15-10-5-9(6-11(16)14(10)21)7-18-19-12(20)8-22-13-3-1-2-4-17-13/h1-7,21H,8H2,(H,19,20)/b18-7+. The van der Waals surface area contributed by atoms with Crippen LogP contribution in [0.15, 0.2) is 55.6 Å². The first-order valence-corrected chi connectivity index (χ1v) is 8.67. The normalized spacial score (nSPS) is 10.8. The molecule has 1 aromatic heterocycles. The molecule has 2 aromatic rings. The lowest BCUT2D eigenvalue weighted by Crippen LogP contribution is -2.19. The van der Waals surface area contributed by atoms with Gasteiger partial charge in [-0.3, -0.25) is 4.79 Å². The van der Waals surface area contributed by atoms with Crippen molar-refractivity contribution in [3.05, 3.63) is 51.0 Å². The number of carbonyl (C=O) groups excluding carboxylic acids is 1. The van der Waals surface area contributed by atoms with Gasteiger partial charge in [0.15, 0.2) is 0 Å². The maximum absolute atomic E-state index is 11.7. The number of hydrazone groups is 1. The van der Waals surface area contributed by atoms with E-state index in [0.29, 0.717) is 8.95 Å². The summed E-state index contributed by atoms with van der Waals surface area (Å²) in [4.78, 5) is 15.8. The maximum atomic E-state index is 11.7. The number of nitrogens with zero attached hydrogens (tertiary/aromatic N) is 2. The summed E-state index contributed by atoms with van der Waals surface area (Å²) in [6.45, 7) is 0. The van der Waals surface area contributed by atoms with E-state index in [2.05, 4.69) is 47.4 Å². The van der Waals surface area contributed by atoms with Gasteiger partial charge in [-0.15, -0.1) is 0 Å². The molecule has 2 rings (SSSR count). The first kappa shape index (κ1) is 17.0. The van der Waals surface area contributed by atoms with Crippen LogP contribution in [0.1, 0.15) is 5.56 Å². The summed E-state index contributed by atoms with van der Waals surface area (Å²) < 4.78 is 1.08. The molecule has 0 aliphatic carbocycles. The maximum Gasteiger partial charge on any atom is 0.250 e. The van der Waals surface area contributed by atoms with Crippen LogP contribution in [0.2, 0.25) is 0 Å². The van der Waals surface area contributed by atoms with Gasteiger partial charge in [-0.05, 0) is 61.7 Å². The van der Waals surface area contributed by atoms with E-state index in [-0.39, 0.29) is 17.4 Å². The third-order valence-electron chi connectivity index (χ3n) is 2.43. The number of thioether (sulfide) groups is 1. The number of aromatic nitrogens is 1. The van der Waals surface area contributed by atoms with Crippen LogP contribution in [0.3, 0.4) is 0 Å². The van der Waals surface area contributed by atoms with E-state index in [4.69, 9.17) is 0 Å². The zero-order chi connectivity index (χ0) is 15.9. The molecule has 2 N–H and O–H groups in total. The van der Waals surface area contributed by atoms with Gasteiger partial charge in [0.25, 0.3) is 0 Å². The summed E-state index contributed by atoms with van der Waals surface area (Å²) in [6, 6.07) is 8.91. The van der Waals surface area contributed by atoms with Gasteiger partial charge < -0.3 is 5.11 Å². The van der Waals surface area contributed by atoms with Crippen molar-refractivity contribution in [3.63, 3.8) is 0 Å². The smallest absolute Gasteiger partial charge is 0.250 e. The number of halogens is 2. The van der Waals surface area contributed by atoms with Gasteiger partial charge in [0.1, 0.15) is 5.75 Å². The average Bonchev–Trinajstić information content (AvgIpc) is 2.51. The van der Waals surface area contributed by atoms with E-state index >= 15 is 0 Å². The van der Waals surface area contributed by atoms with Crippen LogP contribution in [-0.2, 0) is 4.79 Å². The predicted octanol–water partition coefficient (Wildman–Crippen LogP) is 3.55. The fourth-order valence-electron chi connectivity index (χ4n) is 1.44. The molecule has 0 unspecified atom stereocenters. The van der Waals surface area contributed by atoms with Crippen LogP contribution >= 0.6 is 43.6 Å². The lowest BCUT2D eigenvalue weighted by atomic mass is 10.2. The first-order chi connectivity index (χ1) is 10.6. The molecule has 5 nitrogen and oxygen atoms in total. The van der Waals surface area contributed by atoms with Gasteiger partial charge >= 0.3 is 0 Å². The topological polar surface area (TPSA) is 74.6 Å². The highest BCUT2D eigenvalue weighted by molar-refractivity contribution is 9.11. The number of hydrogen-bond donors (Lipinski definition) is 2. The summed E-state index contributed by atoms with van der Waals surface area (Å²) in [7, 11) is 0. The molecule has 0 aliphatic rings. The molecule has 1 aromatic carbocycles. The molecule has 114 valence electrons. The summed E-state index contributed by atoms with van der Waals surface area (Å²) in [5.41, 5.74) is 3.17. The Morgan fingerprint density at radius 1 is 1.36 bits per heavy atom. The van der Waals surface area contributed by atoms with E-state index in [1.807, 2.05) is 18.2 Å². The Morgan fingerprint density at radius 2 is 2.09 bits per heavy atom. The second-order valence-corrected chi connectivity index (χ2v) is 6.79. The number of phenolic OH excluding ortho intramolecular Hbond substituents is 1. The van der Waals surface area contributed by atoms with Gasteiger partial charge in [0.05, 0.1) is 25.9 Å². The summed E-state index contributed by atoms with van der Waals surface area (Å²) in [5, 5.41) is 14.3. The average molecular weight is 445 g/mol. The van der Waals surface area contributed by atoms with E-state index in [1.165, 1.54) is 18.0 Å². The second kappa shape index (κ2) is 8.30. The SMILES string of the molecule is O=C(CSc1ccccn1)N/N=C/c1cc(Br)c(O)c(Br)c1. The quantitative estimate of drug-likeness (QED) is 0.420. The minimum Gasteiger partial charge on any atom is -0.506 e. The van der Waals surface area contributed by atoms with Crippen molar-refractivity contribution in [2.24, 2.45) is 5.10 Å². The number of hydrogen-bond acceptors (Lipinski definition) is 5. The van der Waals surface area contributed by atoms with E-state index in [9.17, 15) is 9.90 Å². The minimum absolute atomic E-state index is 0.118. The molecule has 0 fully saturated rings. The molecule has 0 radical (unpaired) electrons. The zero-order valence-corrected chi connectivity index (χ0v) is 15.2. The Labute approximate surface area is 148 Å². The number of rotatable bonds is 5. The van der Waals surface area contributed by atoms with Crippen molar-refractivity contribution in [3.8, 4) is 5.75 Å². The summed E-state index contributed by atoms with van der Waals surface area (Å²) >= 11 is 7.79. The van der Waals surface area contributed by atoms with Gasteiger partial charge in [0.2, 0.25) is 5.91 Å². The third-order valence-corrected chi connectivity index (χ3v) is 4.58. The molecule has 0 spiro atoms. The zero-order valence-electron chi connectivity index (χ0n) is 11.2. The van der Waals surface area contributed by atoms with Crippen LogP contribution < -0.4 is 5.43 Å². The van der Waals surface area contributed by atoms with E-state index in [0.717, 1.165) is 10.6 Å². The van der Waals surface area contributed by atoms with Gasteiger partial charge in [-0.2, -0.15) is 5.10 Å². The molecule has 1 heterocycles. The van der Waals surface area contributed by atoms with Crippen LogP contribution in [-0.4, -0.2) is 28.0 Å². The van der Waals surface area contributed by atoms with Crippen molar-refractivity contribution in [1.82, 2.24) is 10.4 Å². The highest BCUT2D eigenvalue weighted by Crippen LogP contribution is 2.32. The van der Waals surface area contributed by atoms with Gasteiger partial charge in [-0.25, -0.2) is 10.4 Å². The van der Waals surface area contributed by atoms with Crippen LogP contribution in [0.4, 0.5) is 0 Å². The molecule has 22 heavy (non-hydrogen) atoms. The molecule has 0 saturated carbocycles. The molecular weight excluding hydrogens is 434 g/mol. The fourth-order valence-corrected chi connectivity index (χ4v) is 3.32. The monoisotopic (exact) mass is 443 g/mol. The lowest BCUT2D eigenvalue weighted by Gasteiger charge is -2.02. The number of nitrogens with one attached hydrogen (secondary N) is 1. The Morgan fingerprint density at radius 3 is 2.73 bits per heavy atom. The van der Waals surface area contributed by atoms with Crippen molar-refractivity contribution in [2.45, 2.75) is 5.03 Å². The Hall–Kier alpha value is -1.38. The van der Waals surface area contributed by atoms with Crippen molar-refractivity contribution in [2.75, 3.05) is 5.75 Å². The second-order valence-electron chi connectivity index (χ2n) is 4.08. The number of pyridine rings is 1. The highest BCUT2D eigenvalue weighted by Gasteiger charge is 2.05. The molecular formula is C14H11Br2N3O2S. The minimum atomic E-state index is -0.219. The van der Waals surface area contributed by atoms with Gasteiger partial charge in [0, 0.05) is 6.20 Å². The van der Waals surface area contributed by atoms with Crippen molar-refractivity contribution in [1.29, 1.82) is 0 Å². The fraction of sp³-hybridized carbons (Fsp3) is 0.0714. The largest absolute Gasteiger partial charge is 0.506 e. The van der Waals surface area contributed by atoms with Crippen molar-refractivity contribution < 1.29 is 9.90 Å². The molecule has 0 bridgehead atoms. The molecule has 8 heteroatoms. The summed E-state index contributed by atoms with van der Waals surface area (Å²) in [6.07, 6.45) is 3.18. The van der Waals surface area contributed by atoms with E-state index < -0.39 is 0 Å². The number of aromatic hydroxyl groups is 1. The van der Waals surface area contributed by atoms with Crippen LogP contribution in [0, 0.1) is 0 Å². The lowest BCUT2D eigenvalue weighted by molar-refractivity contribution is -0.118. The highest BCUT2D eigenvalue weighted by atomic mass is 79.9. The Kier molecular flexibility index (Phi) is 6.41. The number of amides is 1. The summed E-state index contributed by atoms with van der Waals surface area (Å²) in [5.74, 6) is 0.133. The van der Waals surface area contributed by atoms with Crippen molar-refractivity contribution >= 4 is 55.7 Å². The number of phenols is 1. The first-order valence-electron chi connectivity index (χ1n) is 6.10. The molecule has 1 amide bonds. The van der Waals surface area contributed by atoms with Crippen LogP contribution in [0.5, 0.6) is 5.75 Å². The third kappa shape index (κ3) is 5.11. The van der Waals surface area contributed by atoms with E-state index in [1.54, 1.807) is 18.3 Å². The molecule has 0 saturated heterocycles. The van der Waals surface area contributed by atoms with Gasteiger partial charge in [-0.1, -0.05) is 17.8 Å². The molecule has 0 aliphatic heterocycles. The van der Waals surface area contributed by atoms with Crippen LogP contribution in [0.25, 0.3) is 0 Å². The number of carbonyl (C=O) groups is 1. The Balaban J connectivity index is 1.85. The molecule has 0 atom stereocenters.